The number of aliphatic carboxylic acids is 1. The van der Waals surface area contributed by atoms with Crippen LogP contribution in [0.2, 0.25) is 0 Å². The molecular weight excluding hydrogens is 278 g/mol. The van der Waals surface area contributed by atoms with Crippen LogP contribution in [0.1, 0.15) is 16.8 Å². The molecule has 5 nitrogen and oxygen atoms in total. The first-order valence-electron chi connectivity index (χ1n) is 4.31. The van der Waals surface area contributed by atoms with E-state index in [1.807, 2.05) is 0 Å². The van der Waals surface area contributed by atoms with Gasteiger partial charge in [0.05, 0.1) is 0 Å². The number of hydrogen-bond donors (Lipinski definition) is 3. The predicted molar refractivity (Wildman–Crippen MR) is 63.0 cm³/mol. The van der Waals surface area contributed by atoms with Crippen LogP contribution in [0.15, 0.2) is 24.3 Å². The van der Waals surface area contributed by atoms with Gasteiger partial charge in [0.2, 0.25) is 0 Å². The first-order valence-corrected chi connectivity index (χ1v) is 4.31. The largest absolute Gasteiger partial charge is 0.508 e. The fraction of sp³-hybridized carbons (Fsp3) is 0.200. The maximum atomic E-state index is 11.5. The highest BCUT2D eigenvalue weighted by Gasteiger charge is 2.17. The van der Waals surface area contributed by atoms with E-state index in [4.69, 9.17) is 15.9 Å². The lowest BCUT2D eigenvalue weighted by Gasteiger charge is -2.05. The fourth-order valence-electron chi connectivity index (χ4n) is 1.08. The molecule has 0 aromatic heterocycles. The molecule has 0 aliphatic carbocycles. The summed E-state index contributed by atoms with van der Waals surface area (Å²) in [6.07, 6.45) is -0.279. The average molecular weight is 290 g/mol. The van der Waals surface area contributed by atoms with Crippen LogP contribution < -0.4 is 5.73 Å². The molecule has 0 amide bonds. The van der Waals surface area contributed by atoms with Crippen LogP contribution in [0.3, 0.4) is 0 Å². The summed E-state index contributed by atoms with van der Waals surface area (Å²) in [7, 11) is 0. The number of halogens is 1. The summed E-state index contributed by atoms with van der Waals surface area (Å²) in [5, 5.41) is 17.6. The number of rotatable bonds is 4. The molecule has 4 N–H and O–H groups in total. The minimum Gasteiger partial charge on any atom is -0.508 e. The van der Waals surface area contributed by atoms with Crippen LogP contribution in [0.25, 0.3) is 0 Å². The number of ketones is 1. The Kier molecular flexibility index (Phi) is 5.69. The van der Waals surface area contributed by atoms with Gasteiger partial charge >= 0.3 is 5.97 Å². The molecule has 0 fully saturated rings. The third kappa shape index (κ3) is 4.00. The van der Waals surface area contributed by atoms with Gasteiger partial charge in [0.15, 0.2) is 5.78 Å². The summed E-state index contributed by atoms with van der Waals surface area (Å²) < 4.78 is 0. The highest BCUT2D eigenvalue weighted by Crippen LogP contribution is 2.13. The molecule has 0 saturated carbocycles. The smallest absolute Gasteiger partial charge is 0.320 e. The van der Waals surface area contributed by atoms with Crippen LogP contribution in [0, 0.1) is 0 Å². The molecular formula is C10H12BrNO4. The van der Waals surface area contributed by atoms with Crippen LogP contribution >= 0.6 is 17.0 Å². The lowest BCUT2D eigenvalue weighted by atomic mass is 10.0. The van der Waals surface area contributed by atoms with E-state index >= 15 is 0 Å². The summed E-state index contributed by atoms with van der Waals surface area (Å²) in [5.41, 5.74) is 5.47. The third-order valence-electron chi connectivity index (χ3n) is 1.89. The Balaban J connectivity index is 0.00000225. The van der Waals surface area contributed by atoms with Gasteiger partial charge < -0.3 is 15.9 Å². The van der Waals surface area contributed by atoms with Crippen molar-refractivity contribution in [3.05, 3.63) is 29.8 Å². The number of phenolic OH excluding ortho intramolecular Hbond substituents is 1. The van der Waals surface area contributed by atoms with Crippen molar-refractivity contribution in [2.45, 2.75) is 12.5 Å². The van der Waals surface area contributed by atoms with E-state index in [1.165, 1.54) is 24.3 Å². The van der Waals surface area contributed by atoms with Gasteiger partial charge in [-0.2, -0.15) is 0 Å². The number of phenols is 1. The lowest BCUT2D eigenvalue weighted by molar-refractivity contribution is -0.138. The van der Waals surface area contributed by atoms with Crippen LogP contribution in [-0.4, -0.2) is 28.0 Å². The number of nitrogens with two attached hydrogens (primary N) is 1. The van der Waals surface area contributed by atoms with Crippen molar-refractivity contribution >= 4 is 28.7 Å². The minimum atomic E-state index is -1.22. The van der Waals surface area contributed by atoms with Gasteiger partial charge in [-0.1, -0.05) is 12.1 Å². The molecule has 0 spiro atoms. The van der Waals surface area contributed by atoms with Gasteiger partial charge in [0, 0.05) is 12.0 Å². The van der Waals surface area contributed by atoms with E-state index in [2.05, 4.69) is 0 Å². The quantitative estimate of drug-likeness (QED) is 0.717. The normalized spacial score (nSPS) is 11.3. The number of carbonyl (C=O) groups excluding carboxylic acids is 1. The topological polar surface area (TPSA) is 101 Å². The highest BCUT2D eigenvalue weighted by molar-refractivity contribution is 8.93. The second-order valence-corrected chi connectivity index (χ2v) is 3.12. The summed E-state index contributed by atoms with van der Waals surface area (Å²) >= 11 is 0. The zero-order chi connectivity index (χ0) is 11.4. The van der Waals surface area contributed by atoms with Crippen molar-refractivity contribution in [2.24, 2.45) is 5.73 Å². The van der Waals surface area contributed by atoms with Crippen LogP contribution in [0.5, 0.6) is 5.75 Å². The van der Waals surface area contributed by atoms with Crippen LogP contribution in [0.4, 0.5) is 0 Å². The molecule has 1 aromatic rings. The van der Waals surface area contributed by atoms with E-state index in [0.717, 1.165) is 0 Å². The van der Waals surface area contributed by atoms with Gasteiger partial charge in [0.25, 0.3) is 0 Å². The SMILES string of the molecule is Br.NC(CC(=O)c1cccc(O)c1)C(=O)O. The molecule has 0 aliphatic rings. The summed E-state index contributed by atoms with van der Waals surface area (Å²) in [4.78, 5) is 21.9. The molecule has 1 unspecified atom stereocenters. The molecule has 0 radical (unpaired) electrons. The number of aromatic hydroxyl groups is 1. The number of Topliss-reactive ketones (excluding diaryl/α,β-unsaturated/α-hetero) is 1. The lowest BCUT2D eigenvalue weighted by Crippen LogP contribution is -2.32. The minimum absolute atomic E-state index is 0. The standard InChI is InChI=1S/C10H11NO4.BrH/c11-8(10(14)15)5-9(13)6-2-1-3-7(12)4-6;/h1-4,8,12H,5,11H2,(H,14,15);1H. The Bertz CT molecular complexity index is 394. The van der Waals surface area contributed by atoms with Gasteiger partial charge in [0.1, 0.15) is 11.8 Å². The molecule has 1 aromatic carbocycles. The summed E-state index contributed by atoms with van der Waals surface area (Å²) in [6.45, 7) is 0. The first kappa shape index (κ1) is 14.6. The second-order valence-electron chi connectivity index (χ2n) is 3.12. The molecule has 88 valence electrons. The Labute approximate surface area is 103 Å². The number of carboxylic acids is 1. The molecule has 0 heterocycles. The maximum Gasteiger partial charge on any atom is 0.320 e. The number of benzene rings is 1. The number of hydrogen-bond acceptors (Lipinski definition) is 4. The van der Waals surface area contributed by atoms with Crippen molar-refractivity contribution in [1.82, 2.24) is 0 Å². The fourth-order valence-corrected chi connectivity index (χ4v) is 1.08. The first-order chi connectivity index (χ1) is 7.00. The van der Waals surface area contributed by atoms with E-state index in [9.17, 15) is 9.59 Å². The van der Waals surface area contributed by atoms with Crippen molar-refractivity contribution in [1.29, 1.82) is 0 Å². The van der Waals surface area contributed by atoms with Crippen molar-refractivity contribution in [3.63, 3.8) is 0 Å². The molecule has 1 atom stereocenters. The third-order valence-corrected chi connectivity index (χ3v) is 1.89. The van der Waals surface area contributed by atoms with Crippen LogP contribution in [-0.2, 0) is 4.79 Å². The second kappa shape index (κ2) is 6.24. The molecule has 16 heavy (non-hydrogen) atoms. The van der Waals surface area contributed by atoms with Crippen molar-refractivity contribution < 1.29 is 19.8 Å². The molecule has 0 aliphatic heterocycles. The average Bonchev–Trinajstić information content (AvgIpc) is 2.17. The number of carboxylic acid groups (broad SMARTS) is 1. The molecule has 6 heteroatoms. The van der Waals surface area contributed by atoms with Crippen molar-refractivity contribution in [3.8, 4) is 5.75 Å². The monoisotopic (exact) mass is 289 g/mol. The summed E-state index contributed by atoms with van der Waals surface area (Å²) in [6, 6.07) is 4.50. The number of carbonyl (C=O) groups is 2. The predicted octanol–water partition coefficient (Wildman–Crippen LogP) is 0.955. The highest BCUT2D eigenvalue weighted by atomic mass is 79.9. The van der Waals surface area contributed by atoms with E-state index in [0.29, 0.717) is 0 Å². The van der Waals surface area contributed by atoms with E-state index in [-0.39, 0.29) is 34.7 Å². The van der Waals surface area contributed by atoms with Gasteiger partial charge in [-0.3, -0.25) is 9.59 Å². The molecule has 1 rings (SSSR count). The molecule has 0 saturated heterocycles. The zero-order valence-corrected chi connectivity index (χ0v) is 10.0. The van der Waals surface area contributed by atoms with E-state index < -0.39 is 17.8 Å². The Morgan fingerprint density at radius 3 is 2.50 bits per heavy atom. The van der Waals surface area contributed by atoms with E-state index in [1.54, 1.807) is 0 Å². The Morgan fingerprint density at radius 2 is 2.00 bits per heavy atom. The molecule has 0 bridgehead atoms. The Morgan fingerprint density at radius 1 is 1.38 bits per heavy atom. The Hall–Kier alpha value is -1.40. The summed E-state index contributed by atoms with van der Waals surface area (Å²) in [5.74, 6) is -1.66. The maximum absolute atomic E-state index is 11.5. The van der Waals surface area contributed by atoms with Crippen molar-refractivity contribution in [2.75, 3.05) is 0 Å². The zero-order valence-electron chi connectivity index (χ0n) is 8.29. The van der Waals surface area contributed by atoms with Gasteiger partial charge in [-0.25, -0.2) is 0 Å². The van der Waals surface area contributed by atoms with Gasteiger partial charge in [-0.05, 0) is 12.1 Å². The van der Waals surface area contributed by atoms with Gasteiger partial charge in [-0.15, -0.1) is 17.0 Å².